The number of aryl methyl sites for hydroxylation is 1. The van der Waals surface area contributed by atoms with Gasteiger partial charge in [0.05, 0.1) is 13.0 Å². The minimum atomic E-state index is -6.45. The summed E-state index contributed by atoms with van der Waals surface area (Å²) in [5, 5.41) is 2.95. The molecule has 22 heavy (non-hydrogen) atoms. The highest BCUT2D eigenvalue weighted by Gasteiger charge is 2.74. The SMILES string of the molecule is CCOC(=O)Cc1cc(C(F)(F)C(F)(F)C(F)(F)F)nn1C. The molecule has 126 valence electrons. The molecule has 0 aromatic carbocycles. The fourth-order valence-corrected chi connectivity index (χ4v) is 1.52. The molecule has 0 aliphatic heterocycles. The number of carbonyl (C=O) groups excluding carboxylic acids is 1. The summed E-state index contributed by atoms with van der Waals surface area (Å²) < 4.78 is 94.1. The van der Waals surface area contributed by atoms with E-state index >= 15 is 0 Å². The molecule has 0 saturated heterocycles. The maximum Gasteiger partial charge on any atom is 0.460 e. The van der Waals surface area contributed by atoms with Crippen LogP contribution in [0.5, 0.6) is 0 Å². The third-order valence-corrected chi connectivity index (χ3v) is 2.68. The highest BCUT2D eigenvalue weighted by atomic mass is 19.4. The van der Waals surface area contributed by atoms with E-state index in [1.165, 1.54) is 6.92 Å². The van der Waals surface area contributed by atoms with Crippen molar-refractivity contribution in [3.05, 3.63) is 17.5 Å². The predicted molar refractivity (Wildman–Crippen MR) is 58.4 cm³/mol. The number of nitrogens with zero attached hydrogens (tertiary/aromatic N) is 2. The number of halogens is 7. The van der Waals surface area contributed by atoms with Crippen LogP contribution in [-0.4, -0.2) is 34.5 Å². The summed E-state index contributed by atoms with van der Waals surface area (Å²) in [6.07, 6.45) is -7.04. The smallest absolute Gasteiger partial charge is 0.460 e. The number of hydrogen-bond donors (Lipinski definition) is 0. The van der Waals surface area contributed by atoms with E-state index in [2.05, 4.69) is 9.84 Å². The summed E-state index contributed by atoms with van der Waals surface area (Å²) in [4.78, 5) is 11.2. The molecule has 0 aliphatic rings. The zero-order chi connectivity index (χ0) is 17.3. The zero-order valence-corrected chi connectivity index (χ0v) is 11.3. The fraction of sp³-hybridized carbons (Fsp3) is 0.636. The minimum Gasteiger partial charge on any atom is -0.466 e. The standard InChI is InChI=1S/C11H11F7N2O2/c1-3-22-8(21)5-6-4-7(19-20(6)2)9(12,13)10(14,15)11(16,17)18/h4H,3,5H2,1-2H3. The van der Waals surface area contributed by atoms with Crippen LogP contribution in [0.3, 0.4) is 0 Å². The number of aromatic nitrogens is 2. The van der Waals surface area contributed by atoms with Crippen molar-refractivity contribution < 1.29 is 40.3 Å². The average Bonchev–Trinajstić information content (AvgIpc) is 2.70. The number of ether oxygens (including phenoxy) is 1. The lowest BCUT2D eigenvalue weighted by Gasteiger charge is -2.26. The van der Waals surface area contributed by atoms with E-state index in [9.17, 15) is 35.5 Å². The van der Waals surface area contributed by atoms with Crippen LogP contribution < -0.4 is 0 Å². The van der Waals surface area contributed by atoms with Crippen molar-refractivity contribution in [2.75, 3.05) is 6.61 Å². The molecule has 0 radical (unpaired) electrons. The van der Waals surface area contributed by atoms with Crippen LogP contribution in [0.1, 0.15) is 18.3 Å². The number of hydrogen-bond acceptors (Lipinski definition) is 3. The molecule has 0 atom stereocenters. The number of esters is 1. The Bertz CT molecular complexity index is 551. The second kappa shape index (κ2) is 5.76. The van der Waals surface area contributed by atoms with Gasteiger partial charge in [-0.05, 0) is 13.0 Å². The van der Waals surface area contributed by atoms with Crippen LogP contribution in [-0.2, 0) is 28.9 Å². The van der Waals surface area contributed by atoms with Gasteiger partial charge in [0.2, 0.25) is 0 Å². The molecule has 0 saturated carbocycles. The molecular formula is C11H11F7N2O2. The first-order chi connectivity index (χ1) is 9.84. The van der Waals surface area contributed by atoms with Crippen molar-refractivity contribution in [2.24, 2.45) is 7.05 Å². The second-order valence-corrected chi connectivity index (χ2v) is 4.27. The van der Waals surface area contributed by atoms with Gasteiger partial charge in [0.25, 0.3) is 0 Å². The van der Waals surface area contributed by atoms with Crippen LogP contribution in [0.2, 0.25) is 0 Å². The van der Waals surface area contributed by atoms with Gasteiger partial charge in [-0.1, -0.05) is 0 Å². The van der Waals surface area contributed by atoms with E-state index in [0.29, 0.717) is 10.7 Å². The lowest BCUT2D eigenvalue weighted by atomic mass is 10.1. The van der Waals surface area contributed by atoms with E-state index in [1.54, 1.807) is 0 Å². The molecule has 0 aliphatic carbocycles. The third-order valence-electron chi connectivity index (χ3n) is 2.68. The molecule has 0 amide bonds. The Morgan fingerprint density at radius 2 is 1.77 bits per heavy atom. The molecule has 0 bridgehead atoms. The van der Waals surface area contributed by atoms with E-state index in [0.717, 1.165) is 7.05 Å². The minimum absolute atomic E-state index is 0.00809. The Morgan fingerprint density at radius 1 is 1.23 bits per heavy atom. The van der Waals surface area contributed by atoms with Crippen molar-refractivity contribution in [1.82, 2.24) is 9.78 Å². The Morgan fingerprint density at radius 3 is 2.23 bits per heavy atom. The molecule has 1 aromatic heterocycles. The van der Waals surface area contributed by atoms with Crippen LogP contribution in [0.15, 0.2) is 6.07 Å². The average molecular weight is 336 g/mol. The predicted octanol–water partition coefficient (Wildman–Crippen LogP) is 2.82. The summed E-state index contributed by atoms with van der Waals surface area (Å²) in [5.41, 5.74) is -2.07. The summed E-state index contributed by atoms with van der Waals surface area (Å²) in [5.74, 6) is -12.7. The van der Waals surface area contributed by atoms with Crippen molar-refractivity contribution >= 4 is 5.97 Å². The first-order valence-corrected chi connectivity index (χ1v) is 5.86. The topological polar surface area (TPSA) is 44.1 Å². The van der Waals surface area contributed by atoms with Gasteiger partial charge in [-0.2, -0.15) is 35.8 Å². The van der Waals surface area contributed by atoms with Crippen molar-refractivity contribution in [3.63, 3.8) is 0 Å². The van der Waals surface area contributed by atoms with E-state index < -0.39 is 36.1 Å². The molecule has 1 rings (SSSR count). The second-order valence-electron chi connectivity index (χ2n) is 4.27. The molecule has 0 unspecified atom stereocenters. The first kappa shape index (κ1) is 18.2. The van der Waals surface area contributed by atoms with Gasteiger partial charge in [0, 0.05) is 12.7 Å². The van der Waals surface area contributed by atoms with Gasteiger partial charge in [0.15, 0.2) is 0 Å². The number of rotatable bonds is 5. The molecule has 1 aromatic rings. The maximum absolute atomic E-state index is 13.4. The third kappa shape index (κ3) is 3.17. The summed E-state index contributed by atoms with van der Waals surface area (Å²) in [6, 6.07) is 0.316. The lowest BCUT2D eigenvalue weighted by molar-refractivity contribution is -0.360. The van der Waals surface area contributed by atoms with Gasteiger partial charge < -0.3 is 4.74 Å². The number of carbonyl (C=O) groups is 1. The van der Waals surface area contributed by atoms with Gasteiger partial charge in [0.1, 0.15) is 5.69 Å². The molecule has 4 nitrogen and oxygen atoms in total. The Kier molecular flexibility index (Phi) is 4.78. The van der Waals surface area contributed by atoms with E-state index in [1.807, 2.05) is 0 Å². The monoisotopic (exact) mass is 336 g/mol. The van der Waals surface area contributed by atoms with E-state index in [-0.39, 0.29) is 12.3 Å². The normalized spacial score (nSPS) is 13.3. The Balaban J connectivity index is 3.15. The Hall–Kier alpha value is -1.81. The van der Waals surface area contributed by atoms with Gasteiger partial charge in [-0.3, -0.25) is 9.48 Å². The van der Waals surface area contributed by atoms with Crippen molar-refractivity contribution in [2.45, 2.75) is 31.4 Å². The molecule has 0 N–H and O–H groups in total. The summed E-state index contributed by atoms with van der Waals surface area (Å²) in [7, 11) is 1.03. The Labute approximate surface area is 119 Å². The molecule has 11 heteroatoms. The van der Waals surface area contributed by atoms with Crippen molar-refractivity contribution in [1.29, 1.82) is 0 Å². The highest BCUT2D eigenvalue weighted by molar-refractivity contribution is 5.72. The molecule has 1 heterocycles. The number of alkyl halides is 7. The maximum atomic E-state index is 13.4. The quantitative estimate of drug-likeness (QED) is 0.613. The summed E-state index contributed by atoms with van der Waals surface area (Å²) in [6.45, 7) is 1.47. The zero-order valence-electron chi connectivity index (χ0n) is 11.3. The lowest BCUT2D eigenvalue weighted by Crippen LogP contribution is -2.50. The van der Waals surface area contributed by atoms with Crippen LogP contribution >= 0.6 is 0 Å². The molecule has 0 spiro atoms. The largest absolute Gasteiger partial charge is 0.466 e. The fourth-order valence-electron chi connectivity index (χ4n) is 1.52. The van der Waals surface area contributed by atoms with Gasteiger partial charge >= 0.3 is 24.0 Å². The van der Waals surface area contributed by atoms with E-state index in [4.69, 9.17) is 0 Å². The van der Waals surface area contributed by atoms with Gasteiger partial charge in [-0.25, -0.2) is 0 Å². The van der Waals surface area contributed by atoms with Crippen LogP contribution in [0.25, 0.3) is 0 Å². The van der Waals surface area contributed by atoms with Gasteiger partial charge in [-0.15, -0.1) is 0 Å². The van der Waals surface area contributed by atoms with Crippen LogP contribution in [0.4, 0.5) is 30.7 Å². The summed E-state index contributed by atoms with van der Waals surface area (Å²) >= 11 is 0. The first-order valence-electron chi connectivity index (χ1n) is 5.86. The van der Waals surface area contributed by atoms with Crippen LogP contribution in [0, 0.1) is 0 Å². The molecular weight excluding hydrogens is 325 g/mol. The van der Waals surface area contributed by atoms with Crippen molar-refractivity contribution in [3.8, 4) is 0 Å². The molecule has 0 fully saturated rings. The highest BCUT2D eigenvalue weighted by Crippen LogP contribution is 2.51.